The molecule has 1 atom stereocenters. The van der Waals surface area contributed by atoms with Crippen molar-refractivity contribution < 1.29 is 0 Å². The fourth-order valence-electron chi connectivity index (χ4n) is 2.21. The Hall–Kier alpha value is -0.860. The van der Waals surface area contributed by atoms with Crippen LogP contribution in [0.15, 0.2) is 30.3 Å². The fourth-order valence-corrected chi connectivity index (χ4v) is 2.21. The highest BCUT2D eigenvalue weighted by Crippen LogP contribution is 2.27. The highest BCUT2D eigenvalue weighted by atomic mass is 15.2. The Morgan fingerprint density at radius 1 is 1.31 bits per heavy atom. The van der Waals surface area contributed by atoms with Gasteiger partial charge in [0.15, 0.2) is 0 Å². The van der Waals surface area contributed by atoms with Crippen molar-refractivity contribution in [3.8, 4) is 0 Å². The van der Waals surface area contributed by atoms with Crippen LogP contribution in [0.2, 0.25) is 0 Å². The van der Waals surface area contributed by atoms with Crippen molar-refractivity contribution in [3.05, 3.63) is 35.9 Å². The van der Waals surface area contributed by atoms with E-state index in [2.05, 4.69) is 36.1 Å². The summed E-state index contributed by atoms with van der Waals surface area (Å²) in [6.07, 6.45) is 3.83. The zero-order chi connectivity index (χ0) is 11.4. The second kappa shape index (κ2) is 5.46. The van der Waals surface area contributed by atoms with Gasteiger partial charge in [-0.3, -0.25) is 0 Å². The molecule has 2 N–H and O–H groups in total. The van der Waals surface area contributed by atoms with Crippen LogP contribution in [0.3, 0.4) is 0 Å². The fraction of sp³-hybridized carbons (Fsp3) is 0.571. The summed E-state index contributed by atoms with van der Waals surface area (Å²) in [6, 6.07) is 11.5. The molecule has 2 heteroatoms. The van der Waals surface area contributed by atoms with Crippen LogP contribution in [0.1, 0.15) is 37.8 Å². The second-order valence-corrected chi connectivity index (χ2v) is 4.67. The lowest BCUT2D eigenvalue weighted by molar-refractivity contribution is 0.266. The molecule has 16 heavy (non-hydrogen) atoms. The Kier molecular flexibility index (Phi) is 3.97. The summed E-state index contributed by atoms with van der Waals surface area (Å²) in [5.74, 6) is 0. The zero-order valence-corrected chi connectivity index (χ0v) is 10.1. The number of nitrogens with two attached hydrogens (primary N) is 1. The lowest BCUT2D eigenvalue weighted by atomic mass is 10.0. The van der Waals surface area contributed by atoms with E-state index in [0.29, 0.717) is 0 Å². The van der Waals surface area contributed by atoms with Crippen LogP contribution in [0.5, 0.6) is 0 Å². The van der Waals surface area contributed by atoms with Crippen molar-refractivity contribution in [1.29, 1.82) is 0 Å². The summed E-state index contributed by atoms with van der Waals surface area (Å²) >= 11 is 0. The topological polar surface area (TPSA) is 29.3 Å². The molecular formula is C14H22N2. The number of hydrogen-bond donors (Lipinski definition) is 1. The molecule has 0 spiro atoms. The molecule has 2 nitrogen and oxygen atoms in total. The van der Waals surface area contributed by atoms with E-state index in [-0.39, 0.29) is 6.04 Å². The van der Waals surface area contributed by atoms with Gasteiger partial charge in [0.25, 0.3) is 0 Å². The first-order chi connectivity index (χ1) is 7.81. The van der Waals surface area contributed by atoms with E-state index < -0.39 is 0 Å². The van der Waals surface area contributed by atoms with E-state index in [1.807, 2.05) is 6.07 Å². The van der Waals surface area contributed by atoms with Crippen molar-refractivity contribution in [3.63, 3.8) is 0 Å². The zero-order valence-electron chi connectivity index (χ0n) is 10.1. The van der Waals surface area contributed by atoms with Gasteiger partial charge in [-0.1, -0.05) is 37.3 Å². The molecule has 1 saturated carbocycles. The van der Waals surface area contributed by atoms with Crippen LogP contribution in [0.25, 0.3) is 0 Å². The lowest BCUT2D eigenvalue weighted by Gasteiger charge is -2.22. The molecule has 1 aromatic carbocycles. The molecule has 2 rings (SSSR count). The van der Waals surface area contributed by atoms with Crippen molar-refractivity contribution in [1.82, 2.24) is 4.90 Å². The van der Waals surface area contributed by atoms with Gasteiger partial charge in [-0.05, 0) is 31.4 Å². The number of benzene rings is 1. The van der Waals surface area contributed by atoms with Gasteiger partial charge in [0.05, 0.1) is 0 Å². The molecule has 1 unspecified atom stereocenters. The minimum Gasteiger partial charge on any atom is -0.324 e. The SMILES string of the molecule is CCN(CCC(N)c1ccccc1)C1CC1. The van der Waals surface area contributed by atoms with Crippen LogP contribution in [0, 0.1) is 0 Å². The van der Waals surface area contributed by atoms with Gasteiger partial charge >= 0.3 is 0 Å². The summed E-state index contributed by atoms with van der Waals surface area (Å²) in [5.41, 5.74) is 7.45. The Morgan fingerprint density at radius 3 is 2.56 bits per heavy atom. The average molecular weight is 218 g/mol. The number of hydrogen-bond acceptors (Lipinski definition) is 2. The van der Waals surface area contributed by atoms with Crippen LogP contribution >= 0.6 is 0 Å². The Labute approximate surface area is 98.4 Å². The molecule has 0 amide bonds. The normalized spacial score (nSPS) is 17.7. The third-order valence-corrected chi connectivity index (χ3v) is 3.42. The highest BCUT2D eigenvalue weighted by molar-refractivity contribution is 5.18. The molecular weight excluding hydrogens is 196 g/mol. The van der Waals surface area contributed by atoms with E-state index in [0.717, 1.165) is 25.6 Å². The largest absolute Gasteiger partial charge is 0.324 e. The molecule has 1 aromatic rings. The average Bonchev–Trinajstić information content (AvgIpc) is 3.15. The van der Waals surface area contributed by atoms with Crippen LogP contribution in [0.4, 0.5) is 0 Å². The third-order valence-electron chi connectivity index (χ3n) is 3.42. The molecule has 0 aliphatic heterocycles. The van der Waals surface area contributed by atoms with Gasteiger partial charge in [-0.25, -0.2) is 0 Å². The third kappa shape index (κ3) is 3.06. The second-order valence-electron chi connectivity index (χ2n) is 4.67. The smallest absolute Gasteiger partial charge is 0.0307 e. The Bertz CT molecular complexity index is 306. The first-order valence-corrected chi connectivity index (χ1v) is 6.36. The van der Waals surface area contributed by atoms with E-state index in [4.69, 9.17) is 5.73 Å². The Morgan fingerprint density at radius 2 is 2.00 bits per heavy atom. The summed E-state index contributed by atoms with van der Waals surface area (Å²) in [4.78, 5) is 2.56. The predicted molar refractivity (Wildman–Crippen MR) is 68.3 cm³/mol. The van der Waals surface area contributed by atoms with Gasteiger partial charge in [0.1, 0.15) is 0 Å². The lowest BCUT2D eigenvalue weighted by Crippen LogP contribution is -2.29. The van der Waals surface area contributed by atoms with Crippen LogP contribution in [-0.4, -0.2) is 24.0 Å². The predicted octanol–water partition coefficient (Wildman–Crippen LogP) is 2.56. The van der Waals surface area contributed by atoms with E-state index >= 15 is 0 Å². The maximum Gasteiger partial charge on any atom is 0.0307 e. The quantitative estimate of drug-likeness (QED) is 0.795. The van der Waals surface area contributed by atoms with Gasteiger partial charge in [0.2, 0.25) is 0 Å². The molecule has 0 bridgehead atoms. The van der Waals surface area contributed by atoms with Gasteiger partial charge in [0, 0.05) is 18.6 Å². The monoisotopic (exact) mass is 218 g/mol. The summed E-state index contributed by atoms with van der Waals surface area (Å²) in [6.45, 7) is 4.54. The van der Waals surface area contributed by atoms with Crippen molar-refractivity contribution in [2.45, 2.75) is 38.3 Å². The maximum atomic E-state index is 6.19. The van der Waals surface area contributed by atoms with Crippen molar-refractivity contribution in [2.24, 2.45) is 5.73 Å². The summed E-state index contributed by atoms with van der Waals surface area (Å²) < 4.78 is 0. The van der Waals surface area contributed by atoms with Crippen LogP contribution < -0.4 is 5.73 Å². The molecule has 1 aliphatic rings. The molecule has 0 saturated heterocycles. The van der Waals surface area contributed by atoms with Gasteiger partial charge < -0.3 is 10.6 Å². The minimum atomic E-state index is 0.189. The highest BCUT2D eigenvalue weighted by Gasteiger charge is 2.27. The summed E-state index contributed by atoms with van der Waals surface area (Å²) in [7, 11) is 0. The molecule has 0 radical (unpaired) electrons. The van der Waals surface area contributed by atoms with E-state index in [1.54, 1.807) is 0 Å². The first-order valence-electron chi connectivity index (χ1n) is 6.36. The molecule has 0 aromatic heterocycles. The minimum absolute atomic E-state index is 0.189. The number of nitrogens with zero attached hydrogens (tertiary/aromatic N) is 1. The van der Waals surface area contributed by atoms with Gasteiger partial charge in [-0.2, -0.15) is 0 Å². The summed E-state index contributed by atoms with van der Waals surface area (Å²) in [5, 5.41) is 0. The van der Waals surface area contributed by atoms with Gasteiger partial charge in [-0.15, -0.1) is 0 Å². The van der Waals surface area contributed by atoms with Crippen LogP contribution in [-0.2, 0) is 0 Å². The Balaban J connectivity index is 1.80. The van der Waals surface area contributed by atoms with Crippen molar-refractivity contribution >= 4 is 0 Å². The van der Waals surface area contributed by atoms with E-state index in [9.17, 15) is 0 Å². The first kappa shape index (κ1) is 11.6. The van der Waals surface area contributed by atoms with Crippen molar-refractivity contribution in [2.75, 3.05) is 13.1 Å². The molecule has 1 aliphatic carbocycles. The molecule has 88 valence electrons. The molecule has 0 heterocycles. The number of rotatable bonds is 6. The maximum absolute atomic E-state index is 6.19. The van der Waals surface area contributed by atoms with E-state index in [1.165, 1.54) is 18.4 Å². The molecule has 1 fully saturated rings. The standard InChI is InChI=1S/C14H22N2/c1-2-16(13-8-9-13)11-10-14(15)12-6-4-3-5-7-12/h3-7,13-14H,2,8-11,15H2,1H3.